The van der Waals surface area contributed by atoms with Gasteiger partial charge in [0.25, 0.3) is 0 Å². The average Bonchev–Trinajstić information content (AvgIpc) is 3.38. The van der Waals surface area contributed by atoms with Crippen molar-refractivity contribution in [1.29, 1.82) is 0 Å². The Morgan fingerprint density at radius 1 is 0.829 bits per heavy atom. The Labute approximate surface area is 243 Å². The zero-order valence-corrected chi connectivity index (χ0v) is 24.4. The Bertz CT molecular complexity index is 1730. The zero-order chi connectivity index (χ0) is 28.5. The summed E-state index contributed by atoms with van der Waals surface area (Å²) in [5.41, 5.74) is 4.44. The minimum Gasteiger partial charge on any atom is -0.379 e. The van der Waals surface area contributed by atoms with Crippen molar-refractivity contribution in [2.24, 2.45) is 0 Å². The minimum atomic E-state index is -3.95. The number of hydrogen-bond donors (Lipinski definition) is 0. The lowest BCUT2D eigenvalue weighted by Crippen LogP contribution is -2.33. The van der Waals surface area contributed by atoms with Crippen molar-refractivity contribution in [2.75, 3.05) is 20.1 Å². The highest BCUT2D eigenvalue weighted by Crippen LogP contribution is 2.41. The van der Waals surface area contributed by atoms with Crippen LogP contribution in [0.15, 0.2) is 120 Å². The summed E-state index contributed by atoms with van der Waals surface area (Å²) >= 11 is 0. The van der Waals surface area contributed by atoms with E-state index in [1.807, 2.05) is 12.1 Å². The quantitative estimate of drug-likeness (QED) is 0.187. The molecule has 6 heteroatoms. The molecule has 2 heterocycles. The summed E-state index contributed by atoms with van der Waals surface area (Å²) in [7, 11) is -1.77. The van der Waals surface area contributed by atoms with Gasteiger partial charge < -0.3 is 13.7 Å². The lowest BCUT2D eigenvalue weighted by molar-refractivity contribution is 0.255. The lowest BCUT2D eigenvalue weighted by Gasteiger charge is -2.34. The second-order valence-electron chi connectivity index (χ2n) is 11.4. The molecule has 1 aromatic heterocycles. The number of likely N-dealkylation sites (tertiary alicyclic amines) is 1. The molecular formula is C35H36N2O3S. The van der Waals surface area contributed by atoms with E-state index < -0.39 is 10.1 Å². The van der Waals surface area contributed by atoms with E-state index in [1.54, 1.807) is 36.4 Å². The van der Waals surface area contributed by atoms with Gasteiger partial charge in [0.1, 0.15) is 10.6 Å². The SMILES string of the molecule is CN1CCC(c2cn(C(C)(Cc3ccccc3)c3ccccc3)c3ccc(OS(=O)(=O)c4ccccc4)cc23)CC1. The van der Waals surface area contributed by atoms with Gasteiger partial charge in [-0.1, -0.05) is 78.9 Å². The van der Waals surface area contributed by atoms with Crippen LogP contribution in [-0.2, 0) is 22.1 Å². The molecule has 1 atom stereocenters. The first kappa shape index (κ1) is 27.3. The van der Waals surface area contributed by atoms with Gasteiger partial charge in [0, 0.05) is 17.1 Å². The van der Waals surface area contributed by atoms with E-state index in [-0.39, 0.29) is 10.4 Å². The predicted octanol–water partition coefficient (Wildman–Crippen LogP) is 7.22. The van der Waals surface area contributed by atoms with E-state index in [2.05, 4.69) is 90.3 Å². The van der Waals surface area contributed by atoms with E-state index in [4.69, 9.17) is 4.18 Å². The molecule has 0 N–H and O–H groups in total. The average molecular weight is 565 g/mol. The van der Waals surface area contributed by atoms with Crippen LogP contribution in [0.4, 0.5) is 0 Å². The normalized spacial score (nSPS) is 16.4. The monoisotopic (exact) mass is 564 g/mol. The van der Waals surface area contributed by atoms with Crippen LogP contribution in [0.25, 0.3) is 10.9 Å². The van der Waals surface area contributed by atoms with E-state index >= 15 is 0 Å². The Kier molecular flexibility index (Phi) is 7.45. The molecule has 0 spiro atoms. The Hall–Kier alpha value is -3.87. The molecule has 0 amide bonds. The number of hydrogen-bond acceptors (Lipinski definition) is 4. The lowest BCUT2D eigenvalue weighted by atomic mass is 9.85. The number of nitrogens with zero attached hydrogens (tertiary/aromatic N) is 2. The van der Waals surface area contributed by atoms with Crippen molar-refractivity contribution in [2.45, 2.75) is 42.5 Å². The van der Waals surface area contributed by atoms with E-state index in [0.717, 1.165) is 43.3 Å². The molecule has 1 aliphatic heterocycles. The van der Waals surface area contributed by atoms with Crippen molar-refractivity contribution < 1.29 is 12.6 Å². The molecule has 1 unspecified atom stereocenters. The predicted molar refractivity (Wildman–Crippen MR) is 165 cm³/mol. The maximum atomic E-state index is 13.1. The van der Waals surface area contributed by atoms with Crippen LogP contribution in [0, 0.1) is 0 Å². The van der Waals surface area contributed by atoms with Crippen LogP contribution in [0.1, 0.15) is 42.4 Å². The molecule has 1 aliphatic rings. The summed E-state index contributed by atoms with van der Waals surface area (Å²) in [6, 6.07) is 35.3. The molecule has 0 aliphatic carbocycles. The van der Waals surface area contributed by atoms with Crippen LogP contribution in [0.5, 0.6) is 5.75 Å². The molecule has 41 heavy (non-hydrogen) atoms. The van der Waals surface area contributed by atoms with Gasteiger partial charge in [0.05, 0.1) is 5.54 Å². The maximum absolute atomic E-state index is 13.1. The molecule has 0 saturated carbocycles. The standard InChI is InChI=1S/C35H36N2O3S/c1-35(29-14-8-4-9-15-29,25-27-12-6-3-7-13-27)37-26-33(28-20-22-36(2)23-21-28)32-24-30(18-19-34(32)37)40-41(38,39)31-16-10-5-11-17-31/h3-19,24,26,28H,20-23,25H2,1-2H3. The number of rotatable bonds is 8. The second kappa shape index (κ2) is 11.2. The van der Waals surface area contributed by atoms with Gasteiger partial charge in [0.2, 0.25) is 0 Å². The van der Waals surface area contributed by atoms with Crippen LogP contribution in [-0.4, -0.2) is 38.0 Å². The molecule has 4 aromatic carbocycles. The molecule has 0 radical (unpaired) electrons. The number of benzene rings is 4. The number of aromatic nitrogens is 1. The molecule has 5 nitrogen and oxygen atoms in total. The zero-order valence-electron chi connectivity index (χ0n) is 23.6. The van der Waals surface area contributed by atoms with Crippen molar-refractivity contribution in [3.8, 4) is 5.75 Å². The summed E-state index contributed by atoms with van der Waals surface area (Å²) < 4.78 is 34.3. The summed E-state index contributed by atoms with van der Waals surface area (Å²) in [5.74, 6) is 0.713. The van der Waals surface area contributed by atoms with Crippen LogP contribution in [0.3, 0.4) is 0 Å². The van der Waals surface area contributed by atoms with Crippen molar-refractivity contribution in [1.82, 2.24) is 9.47 Å². The van der Waals surface area contributed by atoms with Gasteiger partial charge >= 0.3 is 10.1 Å². The Morgan fingerprint density at radius 2 is 1.44 bits per heavy atom. The molecule has 6 rings (SSSR count). The summed E-state index contributed by atoms with van der Waals surface area (Å²) in [6.07, 6.45) is 5.26. The fraction of sp³-hybridized carbons (Fsp3) is 0.257. The van der Waals surface area contributed by atoms with Crippen molar-refractivity contribution in [3.63, 3.8) is 0 Å². The molecular weight excluding hydrogens is 528 g/mol. The Morgan fingerprint density at radius 3 is 2.10 bits per heavy atom. The molecule has 1 saturated heterocycles. The van der Waals surface area contributed by atoms with Gasteiger partial charge in [-0.15, -0.1) is 0 Å². The van der Waals surface area contributed by atoms with Crippen molar-refractivity contribution >= 4 is 21.0 Å². The topological polar surface area (TPSA) is 51.5 Å². The summed E-state index contributed by atoms with van der Waals surface area (Å²) in [6.45, 7) is 4.38. The van der Waals surface area contributed by atoms with Crippen molar-refractivity contribution in [3.05, 3.63) is 132 Å². The molecule has 1 fully saturated rings. The fourth-order valence-electron chi connectivity index (χ4n) is 6.22. The first-order valence-electron chi connectivity index (χ1n) is 14.3. The highest BCUT2D eigenvalue weighted by atomic mass is 32.2. The second-order valence-corrected chi connectivity index (χ2v) is 12.9. The van der Waals surface area contributed by atoms with E-state index in [0.29, 0.717) is 11.7 Å². The molecule has 0 bridgehead atoms. The Balaban J connectivity index is 1.50. The third kappa shape index (κ3) is 5.54. The smallest absolute Gasteiger partial charge is 0.339 e. The van der Waals surface area contributed by atoms with Gasteiger partial charge in [-0.2, -0.15) is 8.42 Å². The summed E-state index contributed by atoms with van der Waals surface area (Å²) in [4.78, 5) is 2.52. The molecule has 210 valence electrons. The number of fused-ring (bicyclic) bond motifs is 1. The third-order valence-electron chi connectivity index (χ3n) is 8.52. The van der Waals surface area contributed by atoms with Crippen LogP contribution in [0.2, 0.25) is 0 Å². The minimum absolute atomic E-state index is 0.146. The van der Waals surface area contributed by atoms with Crippen LogP contribution >= 0.6 is 0 Å². The van der Waals surface area contributed by atoms with Crippen LogP contribution < -0.4 is 4.18 Å². The van der Waals surface area contributed by atoms with Gasteiger partial charge in [-0.25, -0.2) is 0 Å². The summed E-state index contributed by atoms with van der Waals surface area (Å²) in [5, 5.41) is 1.05. The highest BCUT2D eigenvalue weighted by molar-refractivity contribution is 7.87. The molecule has 5 aromatic rings. The van der Waals surface area contributed by atoms with Gasteiger partial charge in [0.15, 0.2) is 0 Å². The third-order valence-corrected chi connectivity index (χ3v) is 9.78. The number of piperidine rings is 1. The van der Waals surface area contributed by atoms with E-state index in [1.165, 1.54) is 16.7 Å². The maximum Gasteiger partial charge on any atom is 0.339 e. The first-order chi connectivity index (χ1) is 19.8. The highest BCUT2D eigenvalue weighted by Gasteiger charge is 2.33. The van der Waals surface area contributed by atoms with Gasteiger partial charge in [-0.05, 0) is 99.3 Å². The largest absolute Gasteiger partial charge is 0.379 e. The fourth-order valence-corrected chi connectivity index (χ4v) is 7.16. The first-order valence-corrected chi connectivity index (χ1v) is 15.7. The van der Waals surface area contributed by atoms with E-state index in [9.17, 15) is 8.42 Å². The van der Waals surface area contributed by atoms with Gasteiger partial charge in [-0.3, -0.25) is 0 Å².